The lowest BCUT2D eigenvalue weighted by atomic mass is 10.1. The SMILES string of the molecule is CC(=C(Cl)Cl)c1cc(N)c(S(=O)(=O)Cl)cc1S(=O)(=O)Cl. The Balaban J connectivity index is 3.91. The molecular formula is C9H7Cl4NO4S2. The summed E-state index contributed by atoms with van der Waals surface area (Å²) in [6, 6.07) is 1.83. The van der Waals surface area contributed by atoms with E-state index in [1.54, 1.807) is 0 Å². The van der Waals surface area contributed by atoms with Gasteiger partial charge in [-0.1, -0.05) is 23.2 Å². The predicted octanol–water partition coefficient (Wildman–Crippen LogP) is 3.29. The zero-order valence-corrected chi connectivity index (χ0v) is 14.4. The van der Waals surface area contributed by atoms with E-state index in [0.717, 1.165) is 12.1 Å². The number of rotatable bonds is 3. The first kappa shape index (κ1) is 17.9. The lowest BCUT2D eigenvalue weighted by molar-refractivity contribution is 0.608. The molecule has 0 radical (unpaired) electrons. The number of allylic oxidation sites excluding steroid dienone is 1. The summed E-state index contributed by atoms with van der Waals surface area (Å²) in [6.07, 6.45) is 0. The van der Waals surface area contributed by atoms with Gasteiger partial charge in [0.25, 0.3) is 18.1 Å². The fourth-order valence-electron chi connectivity index (χ4n) is 1.39. The summed E-state index contributed by atoms with van der Waals surface area (Å²) in [4.78, 5) is -1.08. The zero-order valence-electron chi connectivity index (χ0n) is 9.69. The van der Waals surface area contributed by atoms with E-state index in [-0.39, 0.29) is 21.3 Å². The van der Waals surface area contributed by atoms with E-state index in [1.165, 1.54) is 6.92 Å². The van der Waals surface area contributed by atoms with E-state index < -0.39 is 27.9 Å². The summed E-state index contributed by atoms with van der Waals surface area (Å²) < 4.78 is 45.5. The van der Waals surface area contributed by atoms with Gasteiger partial charge in [-0.2, -0.15) is 0 Å². The number of halogens is 4. The molecule has 1 rings (SSSR count). The number of benzene rings is 1. The van der Waals surface area contributed by atoms with Crippen molar-refractivity contribution in [2.45, 2.75) is 16.7 Å². The number of hydrogen-bond donors (Lipinski definition) is 1. The van der Waals surface area contributed by atoms with Gasteiger partial charge in [0.15, 0.2) is 0 Å². The number of anilines is 1. The Labute approximate surface area is 135 Å². The van der Waals surface area contributed by atoms with Gasteiger partial charge in [0, 0.05) is 26.9 Å². The number of hydrogen-bond acceptors (Lipinski definition) is 5. The van der Waals surface area contributed by atoms with Gasteiger partial charge >= 0.3 is 0 Å². The third kappa shape index (κ3) is 3.93. The molecule has 0 aromatic heterocycles. The fraction of sp³-hybridized carbons (Fsp3) is 0.111. The highest BCUT2D eigenvalue weighted by Crippen LogP contribution is 2.36. The van der Waals surface area contributed by atoms with Crippen molar-refractivity contribution in [3.63, 3.8) is 0 Å². The summed E-state index contributed by atoms with van der Waals surface area (Å²) >= 11 is 11.2. The molecule has 0 amide bonds. The fourth-order valence-corrected chi connectivity index (χ4v) is 3.78. The molecule has 0 atom stereocenters. The zero-order chi connectivity index (χ0) is 15.9. The molecule has 0 aliphatic rings. The van der Waals surface area contributed by atoms with Crippen LogP contribution < -0.4 is 5.73 Å². The molecule has 0 fully saturated rings. The van der Waals surface area contributed by atoms with Crippen LogP contribution in [0.2, 0.25) is 0 Å². The van der Waals surface area contributed by atoms with Gasteiger partial charge in [0.2, 0.25) is 0 Å². The van der Waals surface area contributed by atoms with Crippen LogP contribution in [0.4, 0.5) is 5.69 Å². The summed E-state index contributed by atoms with van der Waals surface area (Å²) in [6.45, 7) is 1.42. The lowest BCUT2D eigenvalue weighted by Crippen LogP contribution is -2.05. The number of nitrogens with two attached hydrogens (primary N) is 1. The molecule has 5 nitrogen and oxygen atoms in total. The Morgan fingerprint density at radius 1 is 1.00 bits per heavy atom. The normalized spacial score (nSPS) is 12.2. The van der Waals surface area contributed by atoms with Gasteiger partial charge in [-0.15, -0.1) is 0 Å². The van der Waals surface area contributed by atoms with Crippen molar-refractivity contribution in [3.8, 4) is 0 Å². The minimum atomic E-state index is -4.27. The quantitative estimate of drug-likeness (QED) is 0.622. The Morgan fingerprint density at radius 3 is 1.80 bits per heavy atom. The second kappa shape index (κ2) is 5.90. The van der Waals surface area contributed by atoms with Crippen LogP contribution in [0, 0.1) is 0 Å². The van der Waals surface area contributed by atoms with Gasteiger partial charge in [-0.05, 0) is 24.6 Å². The van der Waals surface area contributed by atoms with E-state index in [4.69, 9.17) is 50.3 Å². The lowest BCUT2D eigenvalue weighted by Gasteiger charge is -2.11. The van der Waals surface area contributed by atoms with Crippen LogP contribution in [0.3, 0.4) is 0 Å². The van der Waals surface area contributed by atoms with Crippen molar-refractivity contribution in [2.24, 2.45) is 0 Å². The van der Waals surface area contributed by atoms with Crippen LogP contribution in [0.25, 0.3) is 5.57 Å². The molecule has 112 valence electrons. The van der Waals surface area contributed by atoms with E-state index in [2.05, 4.69) is 0 Å². The van der Waals surface area contributed by atoms with Crippen molar-refractivity contribution in [3.05, 3.63) is 22.2 Å². The molecule has 0 bridgehead atoms. The average Bonchev–Trinajstić information content (AvgIpc) is 2.23. The standard InChI is InChI=1S/C9H7Cl4NO4S2/c1-4(9(10)11)5-2-6(14)8(20(13,17)18)3-7(5)19(12,15)16/h2-3H,14H2,1H3. The van der Waals surface area contributed by atoms with Crippen LogP contribution in [-0.4, -0.2) is 16.8 Å². The smallest absolute Gasteiger partial charge is 0.263 e. The Morgan fingerprint density at radius 2 is 1.45 bits per heavy atom. The highest BCUT2D eigenvalue weighted by molar-refractivity contribution is 8.14. The minimum absolute atomic E-state index is 0.0124. The van der Waals surface area contributed by atoms with E-state index in [9.17, 15) is 16.8 Å². The van der Waals surface area contributed by atoms with Crippen molar-refractivity contribution < 1.29 is 16.8 Å². The average molecular weight is 399 g/mol. The first-order valence-electron chi connectivity index (χ1n) is 4.70. The van der Waals surface area contributed by atoms with Gasteiger partial charge in [0.05, 0.1) is 10.6 Å². The molecule has 2 N–H and O–H groups in total. The summed E-state index contributed by atoms with van der Waals surface area (Å²) in [5, 5.41) is 0. The molecule has 20 heavy (non-hydrogen) atoms. The molecule has 0 spiro atoms. The molecule has 0 aliphatic heterocycles. The first-order valence-corrected chi connectivity index (χ1v) is 10.1. The van der Waals surface area contributed by atoms with E-state index >= 15 is 0 Å². The third-order valence-corrected chi connectivity index (χ3v) is 5.63. The predicted molar refractivity (Wildman–Crippen MR) is 81.2 cm³/mol. The maximum absolute atomic E-state index is 11.5. The molecule has 0 saturated heterocycles. The highest BCUT2D eigenvalue weighted by atomic mass is 35.7. The summed E-state index contributed by atoms with van der Waals surface area (Å²) in [5.41, 5.74) is 5.44. The molecular weight excluding hydrogens is 392 g/mol. The summed E-state index contributed by atoms with van der Waals surface area (Å²) in [7, 11) is 1.94. The molecule has 11 heteroatoms. The molecule has 0 saturated carbocycles. The van der Waals surface area contributed by atoms with Gasteiger partial charge < -0.3 is 5.73 Å². The van der Waals surface area contributed by atoms with Crippen molar-refractivity contribution in [1.82, 2.24) is 0 Å². The van der Waals surface area contributed by atoms with Crippen LogP contribution in [0.5, 0.6) is 0 Å². The molecule has 1 aromatic rings. The molecule has 0 unspecified atom stereocenters. The molecule has 0 aliphatic carbocycles. The van der Waals surface area contributed by atoms with Crippen molar-refractivity contribution in [1.29, 1.82) is 0 Å². The third-order valence-electron chi connectivity index (χ3n) is 2.32. The molecule has 0 heterocycles. The van der Waals surface area contributed by atoms with Crippen molar-refractivity contribution in [2.75, 3.05) is 5.73 Å². The minimum Gasteiger partial charge on any atom is -0.398 e. The highest BCUT2D eigenvalue weighted by Gasteiger charge is 2.24. The monoisotopic (exact) mass is 397 g/mol. The van der Waals surface area contributed by atoms with Crippen molar-refractivity contribution >= 4 is 73.9 Å². The Bertz CT molecular complexity index is 795. The van der Waals surface area contributed by atoms with Crippen LogP contribution in [0.1, 0.15) is 12.5 Å². The van der Waals surface area contributed by atoms with Gasteiger partial charge in [-0.25, -0.2) is 16.8 Å². The first-order chi connectivity index (χ1) is 8.85. The van der Waals surface area contributed by atoms with Crippen LogP contribution in [-0.2, 0) is 18.1 Å². The molecule has 1 aromatic carbocycles. The van der Waals surface area contributed by atoms with Crippen LogP contribution >= 0.6 is 44.6 Å². The number of nitrogen functional groups attached to an aromatic ring is 1. The van der Waals surface area contributed by atoms with E-state index in [1.807, 2.05) is 0 Å². The Kier molecular flexibility index (Phi) is 5.27. The topological polar surface area (TPSA) is 94.3 Å². The second-order valence-corrected chi connectivity index (χ2v) is 9.67. The maximum Gasteiger partial charge on any atom is 0.263 e. The van der Waals surface area contributed by atoms with Gasteiger partial charge in [-0.3, -0.25) is 0 Å². The maximum atomic E-state index is 11.5. The van der Waals surface area contributed by atoms with E-state index in [0.29, 0.717) is 0 Å². The Hall–Kier alpha value is -0.180. The van der Waals surface area contributed by atoms with Gasteiger partial charge in [0.1, 0.15) is 9.39 Å². The van der Waals surface area contributed by atoms with Crippen LogP contribution in [0.15, 0.2) is 26.4 Å². The largest absolute Gasteiger partial charge is 0.398 e. The summed E-state index contributed by atoms with van der Waals surface area (Å²) in [5.74, 6) is 0. The second-order valence-electron chi connectivity index (χ2n) is 3.65.